The van der Waals surface area contributed by atoms with Gasteiger partial charge in [-0.1, -0.05) is 32.3 Å². The van der Waals surface area contributed by atoms with E-state index < -0.39 is 5.97 Å². The molecule has 15 heavy (non-hydrogen) atoms. The Labute approximate surface area is 90.3 Å². The van der Waals surface area contributed by atoms with Crippen molar-refractivity contribution < 1.29 is 14.7 Å². The van der Waals surface area contributed by atoms with Gasteiger partial charge in [0.25, 0.3) is 0 Å². The second kappa shape index (κ2) is 4.64. The van der Waals surface area contributed by atoms with Crippen molar-refractivity contribution in [2.24, 2.45) is 22.4 Å². The largest absolute Gasteiger partial charge is 0.481 e. The highest BCUT2D eigenvalue weighted by Gasteiger charge is 2.61. The number of oxime groups is 1. The van der Waals surface area contributed by atoms with E-state index in [1.807, 2.05) is 13.8 Å². The summed E-state index contributed by atoms with van der Waals surface area (Å²) >= 11 is 0. The second-order valence-electron chi connectivity index (χ2n) is 4.60. The Morgan fingerprint density at radius 3 is 2.73 bits per heavy atom. The number of hydrogen-bond acceptors (Lipinski definition) is 3. The van der Waals surface area contributed by atoms with Crippen LogP contribution in [0.2, 0.25) is 0 Å². The third kappa shape index (κ3) is 2.70. The summed E-state index contributed by atoms with van der Waals surface area (Å²) in [5.41, 5.74) is -0.177. The summed E-state index contributed by atoms with van der Waals surface area (Å²) in [6.45, 7) is 6.57. The molecule has 0 spiro atoms. The van der Waals surface area contributed by atoms with Gasteiger partial charge in [0.05, 0.1) is 5.92 Å². The molecule has 4 heteroatoms. The Bertz CT molecular complexity index is 261. The molecule has 0 aromatic carbocycles. The third-order valence-corrected chi connectivity index (χ3v) is 3.06. The lowest BCUT2D eigenvalue weighted by Crippen LogP contribution is -2.03. The fourth-order valence-corrected chi connectivity index (χ4v) is 1.80. The van der Waals surface area contributed by atoms with Gasteiger partial charge in [-0.05, 0) is 11.8 Å². The van der Waals surface area contributed by atoms with Crippen molar-refractivity contribution in [3.63, 3.8) is 0 Å². The molecule has 4 nitrogen and oxygen atoms in total. The van der Waals surface area contributed by atoms with Gasteiger partial charge < -0.3 is 9.94 Å². The van der Waals surface area contributed by atoms with Crippen LogP contribution in [0.3, 0.4) is 0 Å². The molecular formula is C11H19NO3. The SMILES string of the molecule is CCCCO/N=C/C1[C@@H](C(=O)O)C1(C)C. The van der Waals surface area contributed by atoms with E-state index in [1.54, 1.807) is 6.21 Å². The van der Waals surface area contributed by atoms with E-state index in [4.69, 9.17) is 9.94 Å². The van der Waals surface area contributed by atoms with Crippen molar-refractivity contribution in [2.45, 2.75) is 33.6 Å². The smallest absolute Gasteiger partial charge is 0.307 e. The van der Waals surface area contributed by atoms with Crippen LogP contribution < -0.4 is 0 Å². The number of hydrogen-bond donors (Lipinski definition) is 1. The Balaban J connectivity index is 2.31. The third-order valence-electron chi connectivity index (χ3n) is 3.06. The molecule has 1 saturated carbocycles. The van der Waals surface area contributed by atoms with Crippen LogP contribution in [0.4, 0.5) is 0 Å². The van der Waals surface area contributed by atoms with Gasteiger partial charge in [0, 0.05) is 12.1 Å². The van der Waals surface area contributed by atoms with Gasteiger partial charge in [0.1, 0.15) is 6.61 Å². The van der Waals surface area contributed by atoms with E-state index >= 15 is 0 Å². The number of rotatable bonds is 6. The zero-order chi connectivity index (χ0) is 11.5. The molecule has 2 atom stereocenters. The Hall–Kier alpha value is -1.06. The van der Waals surface area contributed by atoms with E-state index in [0.29, 0.717) is 6.61 Å². The maximum absolute atomic E-state index is 10.8. The van der Waals surface area contributed by atoms with E-state index in [1.165, 1.54) is 0 Å². The predicted octanol–water partition coefficient (Wildman–Crippen LogP) is 2.15. The van der Waals surface area contributed by atoms with Crippen LogP contribution in [0.15, 0.2) is 5.16 Å². The molecule has 0 radical (unpaired) electrons. The molecule has 1 N–H and O–H groups in total. The monoisotopic (exact) mass is 213 g/mol. The zero-order valence-corrected chi connectivity index (χ0v) is 9.56. The molecule has 1 aliphatic carbocycles. The van der Waals surface area contributed by atoms with Crippen molar-refractivity contribution in [2.75, 3.05) is 6.61 Å². The van der Waals surface area contributed by atoms with Crippen molar-refractivity contribution in [3.05, 3.63) is 0 Å². The van der Waals surface area contributed by atoms with Crippen LogP contribution in [0.1, 0.15) is 33.6 Å². The molecular weight excluding hydrogens is 194 g/mol. The Kier molecular flexibility index (Phi) is 3.72. The number of unbranched alkanes of at least 4 members (excludes halogenated alkanes) is 1. The Morgan fingerprint density at radius 1 is 1.60 bits per heavy atom. The van der Waals surface area contributed by atoms with E-state index in [0.717, 1.165) is 12.8 Å². The predicted molar refractivity (Wildman–Crippen MR) is 57.7 cm³/mol. The maximum atomic E-state index is 10.8. The molecule has 1 fully saturated rings. The number of carboxylic acids is 1. The second-order valence-corrected chi connectivity index (χ2v) is 4.60. The average molecular weight is 213 g/mol. The molecule has 1 unspecified atom stereocenters. The highest BCUT2D eigenvalue weighted by atomic mass is 16.6. The summed E-state index contributed by atoms with van der Waals surface area (Å²) in [7, 11) is 0. The highest BCUT2D eigenvalue weighted by molar-refractivity contribution is 5.84. The topological polar surface area (TPSA) is 58.9 Å². The van der Waals surface area contributed by atoms with Gasteiger partial charge in [-0.25, -0.2) is 0 Å². The van der Waals surface area contributed by atoms with Crippen LogP contribution in [0.5, 0.6) is 0 Å². The summed E-state index contributed by atoms with van der Waals surface area (Å²) in [6, 6.07) is 0. The van der Waals surface area contributed by atoms with Gasteiger partial charge in [0.15, 0.2) is 0 Å². The molecule has 0 bridgehead atoms. The van der Waals surface area contributed by atoms with Gasteiger partial charge in [-0.3, -0.25) is 4.79 Å². The minimum atomic E-state index is -0.745. The molecule has 0 aliphatic heterocycles. The summed E-state index contributed by atoms with van der Waals surface area (Å²) in [4.78, 5) is 15.8. The first-order chi connectivity index (χ1) is 7.01. The lowest BCUT2D eigenvalue weighted by Gasteiger charge is -1.97. The van der Waals surface area contributed by atoms with Crippen molar-refractivity contribution in [1.82, 2.24) is 0 Å². The number of aliphatic carboxylic acids is 1. The van der Waals surface area contributed by atoms with Gasteiger partial charge in [0.2, 0.25) is 0 Å². The molecule has 0 amide bonds. The average Bonchev–Trinajstić information content (AvgIpc) is 2.68. The fourth-order valence-electron chi connectivity index (χ4n) is 1.80. The van der Waals surface area contributed by atoms with E-state index in [2.05, 4.69) is 12.1 Å². The Morgan fingerprint density at radius 2 is 2.27 bits per heavy atom. The minimum absolute atomic E-state index is 0.0108. The minimum Gasteiger partial charge on any atom is -0.481 e. The van der Waals surface area contributed by atoms with Crippen molar-refractivity contribution in [3.8, 4) is 0 Å². The molecule has 1 aliphatic rings. The molecule has 0 aromatic heterocycles. The first-order valence-electron chi connectivity index (χ1n) is 5.40. The standard InChI is InChI=1S/C11H19NO3/c1-4-5-6-15-12-7-8-9(10(13)14)11(8,2)3/h7-9H,4-6H2,1-3H3,(H,13,14)/b12-7+/t8?,9-/m0/s1. The van der Waals surface area contributed by atoms with Gasteiger partial charge >= 0.3 is 5.97 Å². The molecule has 86 valence electrons. The summed E-state index contributed by atoms with van der Waals surface area (Å²) in [6.07, 6.45) is 3.68. The lowest BCUT2D eigenvalue weighted by atomic mass is 10.1. The summed E-state index contributed by atoms with van der Waals surface area (Å²) < 4.78 is 0. The first kappa shape index (κ1) is 12.0. The zero-order valence-electron chi connectivity index (χ0n) is 9.56. The van der Waals surface area contributed by atoms with Crippen LogP contribution in [0.25, 0.3) is 0 Å². The number of carbonyl (C=O) groups is 1. The number of nitrogens with zero attached hydrogens (tertiary/aromatic N) is 1. The van der Waals surface area contributed by atoms with Crippen LogP contribution in [-0.4, -0.2) is 23.9 Å². The fraction of sp³-hybridized carbons (Fsp3) is 0.818. The molecule has 0 saturated heterocycles. The van der Waals surface area contributed by atoms with Gasteiger partial charge in [-0.15, -0.1) is 0 Å². The molecule has 0 heterocycles. The lowest BCUT2D eigenvalue weighted by molar-refractivity contribution is -0.139. The van der Waals surface area contributed by atoms with Crippen molar-refractivity contribution in [1.29, 1.82) is 0 Å². The van der Waals surface area contributed by atoms with Gasteiger partial charge in [-0.2, -0.15) is 0 Å². The number of carboxylic acid groups (broad SMARTS) is 1. The highest BCUT2D eigenvalue weighted by Crippen LogP contribution is 2.57. The maximum Gasteiger partial charge on any atom is 0.307 e. The summed E-state index contributed by atoms with van der Waals surface area (Å²) in [5, 5.41) is 12.7. The normalized spacial score (nSPS) is 27.9. The van der Waals surface area contributed by atoms with E-state index in [9.17, 15) is 4.79 Å². The van der Waals surface area contributed by atoms with Crippen LogP contribution in [0, 0.1) is 17.3 Å². The quantitative estimate of drug-likeness (QED) is 0.418. The van der Waals surface area contributed by atoms with Crippen LogP contribution in [-0.2, 0) is 9.63 Å². The molecule has 1 rings (SSSR count). The summed E-state index contributed by atoms with van der Waals surface area (Å²) in [5.74, 6) is -1.04. The van der Waals surface area contributed by atoms with E-state index in [-0.39, 0.29) is 17.3 Å². The molecule has 0 aromatic rings. The first-order valence-corrected chi connectivity index (χ1v) is 5.40. The van der Waals surface area contributed by atoms with Crippen molar-refractivity contribution >= 4 is 12.2 Å². The van der Waals surface area contributed by atoms with Crippen LogP contribution >= 0.6 is 0 Å².